The molecule has 0 spiro atoms. The van der Waals surface area contributed by atoms with Crippen molar-refractivity contribution in [2.45, 2.75) is 19.4 Å². The summed E-state index contributed by atoms with van der Waals surface area (Å²) in [6, 6.07) is 11.0. The average molecular weight is 343 g/mol. The first-order valence-corrected chi connectivity index (χ1v) is 8.56. The van der Waals surface area contributed by atoms with Crippen LogP contribution >= 0.6 is 0 Å². The highest BCUT2D eigenvalue weighted by atomic mass is 16.5. The number of amides is 1. The summed E-state index contributed by atoms with van der Waals surface area (Å²) in [6.07, 6.45) is 1.48. The van der Waals surface area contributed by atoms with Crippen LogP contribution in [0.5, 0.6) is 0 Å². The van der Waals surface area contributed by atoms with Crippen molar-refractivity contribution in [3.8, 4) is 0 Å². The monoisotopic (exact) mass is 343 g/mol. The Bertz CT molecular complexity index is 674. The van der Waals surface area contributed by atoms with Crippen LogP contribution in [0.15, 0.2) is 47.1 Å². The van der Waals surface area contributed by atoms with Crippen molar-refractivity contribution >= 4 is 17.3 Å². The Morgan fingerprint density at radius 2 is 1.80 bits per heavy atom. The molecule has 0 aliphatic carbocycles. The summed E-state index contributed by atoms with van der Waals surface area (Å²) in [5.74, 6) is 0.0497. The number of carbonyl (C=O) groups is 1. The van der Waals surface area contributed by atoms with Crippen molar-refractivity contribution in [1.29, 1.82) is 0 Å². The van der Waals surface area contributed by atoms with Crippen LogP contribution in [0.1, 0.15) is 24.4 Å². The fourth-order valence-corrected chi connectivity index (χ4v) is 2.87. The average Bonchev–Trinajstić information content (AvgIpc) is 3.17. The number of rotatable bonds is 6. The highest BCUT2D eigenvalue weighted by molar-refractivity contribution is 6.02. The SMILES string of the molecule is CC(C)(CNc1ccc(NC(=O)c2ccco2)cc1)N1CCOCC1. The van der Waals surface area contributed by atoms with Crippen LogP contribution in [-0.4, -0.2) is 49.2 Å². The van der Waals surface area contributed by atoms with Gasteiger partial charge >= 0.3 is 0 Å². The van der Waals surface area contributed by atoms with E-state index >= 15 is 0 Å². The summed E-state index contributed by atoms with van der Waals surface area (Å²) in [5, 5.41) is 6.29. The molecular weight excluding hydrogens is 318 g/mol. The lowest BCUT2D eigenvalue weighted by Crippen LogP contribution is -2.53. The maximum absolute atomic E-state index is 12.0. The fraction of sp³-hybridized carbons (Fsp3) is 0.421. The van der Waals surface area contributed by atoms with Crippen LogP contribution in [0.3, 0.4) is 0 Å². The van der Waals surface area contributed by atoms with Gasteiger partial charge in [0.15, 0.2) is 5.76 Å². The Hall–Kier alpha value is -2.31. The Kier molecular flexibility index (Phi) is 5.40. The van der Waals surface area contributed by atoms with Gasteiger partial charge in [-0.15, -0.1) is 0 Å². The molecule has 3 rings (SSSR count). The third-order valence-corrected chi connectivity index (χ3v) is 4.48. The lowest BCUT2D eigenvalue weighted by atomic mass is 10.0. The molecule has 1 aliphatic rings. The molecule has 6 nitrogen and oxygen atoms in total. The molecule has 0 saturated carbocycles. The Morgan fingerprint density at radius 1 is 1.12 bits per heavy atom. The van der Waals surface area contributed by atoms with Crippen molar-refractivity contribution < 1.29 is 13.9 Å². The first kappa shape index (κ1) is 17.5. The zero-order valence-corrected chi connectivity index (χ0v) is 14.7. The van der Waals surface area contributed by atoms with E-state index in [0.717, 1.165) is 44.2 Å². The second-order valence-electron chi connectivity index (χ2n) is 6.77. The van der Waals surface area contributed by atoms with E-state index in [4.69, 9.17) is 9.15 Å². The van der Waals surface area contributed by atoms with Gasteiger partial charge in [-0.3, -0.25) is 9.69 Å². The van der Waals surface area contributed by atoms with Gasteiger partial charge in [-0.05, 0) is 50.2 Å². The summed E-state index contributed by atoms with van der Waals surface area (Å²) >= 11 is 0. The zero-order chi connectivity index (χ0) is 17.7. The molecule has 0 radical (unpaired) electrons. The summed E-state index contributed by atoms with van der Waals surface area (Å²) in [7, 11) is 0. The highest BCUT2D eigenvalue weighted by Crippen LogP contribution is 2.19. The van der Waals surface area contributed by atoms with Gasteiger partial charge in [0.2, 0.25) is 0 Å². The molecule has 1 aromatic heterocycles. The van der Waals surface area contributed by atoms with Crippen molar-refractivity contribution in [1.82, 2.24) is 4.90 Å². The number of nitrogens with zero attached hydrogens (tertiary/aromatic N) is 1. The van der Waals surface area contributed by atoms with E-state index in [-0.39, 0.29) is 11.4 Å². The highest BCUT2D eigenvalue weighted by Gasteiger charge is 2.27. The molecular formula is C19H25N3O3. The van der Waals surface area contributed by atoms with Crippen molar-refractivity contribution in [3.63, 3.8) is 0 Å². The van der Waals surface area contributed by atoms with Gasteiger partial charge in [0, 0.05) is 36.5 Å². The van der Waals surface area contributed by atoms with Crippen LogP contribution in [0.2, 0.25) is 0 Å². The van der Waals surface area contributed by atoms with Gasteiger partial charge in [-0.2, -0.15) is 0 Å². The summed E-state index contributed by atoms with van der Waals surface area (Å²) in [5.41, 5.74) is 1.81. The lowest BCUT2D eigenvalue weighted by molar-refractivity contribution is -0.00568. The number of morpholine rings is 1. The zero-order valence-electron chi connectivity index (χ0n) is 14.7. The number of carbonyl (C=O) groups excluding carboxylic acids is 1. The second kappa shape index (κ2) is 7.72. The first-order chi connectivity index (χ1) is 12.0. The van der Waals surface area contributed by atoms with Gasteiger partial charge in [-0.1, -0.05) is 0 Å². The lowest BCUT2D eigenvalue weighted by Gasteiger charge is -2.41. The molecule has 1 saturated heterocycles. The minimum Gasteiger partial charge on any atom is -0.459 e. The van der Waals surface area contributed by atoms with Gasteiger partial charge < -0.3 is 19.8 Å². The maximum Gasteiger partial charge on any atom is 0.291 e. The third kappa shape index (κ3) is 4.61. The largest absolute Gasteiger partial charge is 0.459 e. The molecule has 2 heterocycles. The predicted octanol–water partition coefficient (Wildman–Crippen LogP) is 3.05. The van der Waals surface area contributed by atoms with Crippen molar-refractivity contribution in [3.05, 3.63) is 48.4 Å². The fourth-order valence-electron chi connectivity index (χ4n) is 2.87. The number of anilines is 2. The number of nitrogens with one attached hydrogen (secondary N) is 2. The molecule has 0 bridgehead atoms. The van der Waals surface area contributed by atoms with Crippen LogP contribution in [-0.2, 0) is 4.74 Å². The maximum atomic E-state index is 12.0. The molecule has 1 aliphatic heterocycles. The van der Waals surface area contributed by atoms with Crippen molar-refractivity contribution in [2.75, 3.05) is 43.5 Å². The summed E-state index contributed by atoms with van der Waals surface area (Å²) in [4.78, 5) is 14.4. The van der Waals surface area contributed by atoms with Gasteiger partial charge in [0.1, 0.15) is 0 Å². The van der Waals surface area contributed by atoms with E-state index in [1.54, 1.807) is 12.1 Å². The van der Waals surface area contributed by atoms with Crippen molar-refractivity contribution in [2.24, 2.45) is 0 Å². The molecule has 1 amide bonds. The van der Waals surface area contributed by atoms with Crippen LogP contribution in [0.25, 0.3) is 0 Å². The minimum atomic E-state index is -0.251. The smallest absolute Gasteiger partial charge is 0.291 e. The standard InChI is InChI=1S/C19H25N3O3/c1-19(2,22-9-12-24-13-10-22)14-20-15-5-7-16(8-6-15)21-18(23)17-4-3-11-25-17/h3-8,11,20H,9-10,12-14H2,1-2H3,(H,21,23). The molecule has 0 atom stereocenters. The van der Waals surface area contributed by atoms with Crippen LogP contribution < -0.4 is 10.6 Å². The molecule has 2 N–H and O–H groups in total. The summed E-state index contributed by atoms with van der Waals surface area (Å²) in [6.45, 7) is 8.84. The number of hydrogen-bond donors (Lipinski definition) is 2. The van der Waals surface area contributed by atoms with Gasteiger partial charge in [-0.25, -0.2) is 0 Å². The van der Waals surface area contributed by atoms with E-state index in [0.29, 0.717) is 5.76 Å². The molecule has 1 fully saturated rings. The normalized spacial score (nSPS) is 15.8. The molecule has 25 heavy (non-hydrogen) atoms. The Labute approximate surface area is 148 Å². The van der Waals surface area contributed by atoms with E-state index in [9.17, 15) is 4.79 Å². The van der Waals surface area contributed by atoms with E-state index in [2.05, 4.69) is 29.4 Å². The van der Waals surface area contributed by atoms with E-state index in [1.807, 2.05) is 24.3 Å². The molecule has 1 aromatic carbocycles. The van der Waals surface area contributed by atoms with E-state index < -0.39 is 0 Å². The Morgan fingerprint density at radius 3 is 2.44 bits per heavy atom. The second-order valence-corrected chi connectivity index (χ2v) is 6.77. The third-order valence-electron chi connectivity index (χ3n) is 4.48. The molecule has 6 heteroatoms. The summed E-state index contributed by atoms with van der Waals surface area (Å²) < 4.78 is 10.5. The van der Waals surface area contributed by atoms with Crippen LogP contribution in [0.4, 0.5) is 11.4 Å². The van der Waals surface area contributed by atoms with Gasteiger partial charge in [0.05, 0.1) is 19.5 Å². The Balaban J connectivity index is 1.53. The number of hydrogen-bond acceptors (Lipinski definition) is 5. The number of benzene rings is 1. The predicted molar refractivity (Wildman–Crippen MR) is 98.1 cm³/mol. The van der Waals surface area contributed by atoms with E-state index in [1.165, 1.54) is 6.26 Å². The van der Waals surface area contributed by atoms with Gasteiger partial charge in [0.25, 0.3) is 5.91 Å². The topological polar surface area (TPSA) is 66.7 Å². The first-order valence-electron chi connectivity index (χ1n) is 8.56. The molecule has 0 unspecified atom stereocenters. The molecule has 134 valence electrons. The molecule has 2 aromatic rings. The quantitative estimate of drug-likeness (QED) is 0.844. The van der Waals surface area contributed by atoms with Crippen LogP contribution in [0, 0.1) is 0 Å². The number of ether oxygens (including phenoxy) is 1. The number of furan rings is 1. The minimum absolute atomic E-state index is 0.0515.